The second kappa shape index (κ2) is 9.42. The van der Waals surface area contributed by atoms with Crippen molar-refractivity contribution >= 4 is 21.8 Å². The molecule has 0 spiro atoms. The molecule has 0 radical (unpaired) electrons. The van der Waals surface area contributed by atoms with E-state index in [9.17, 15) is 0 Å². The molecule has 0 atom stereocenters. The van der Waals surface area contributed by atoms with Crippen LogP contribution in [0, 0.1) is 0 Å². The number of nitrogens with one attached hydrogen (secondary N) is 3. The van der Waals surface area contributed by atoms with Gasteiger partial charge in [0, 0.05) is 59.1 Å². The fourth-order valence-corrected chi connectivity index (χ4v) is 4.78. The van der Waals surface area contributed by atoms with Crippen molar-refractivity contribution in [2.75, 3.05) is 0 Å². The number of fused-ring (bicyclic) bond motifs is 2. The van der Waals surface area contributed by atoms with Crippen molar-refractivity contribution in [3.05, 3.63) is 109 Å². The molecule has 38 heavy (non-hydrogen) atoms. The number of benzene rings is 1. The summed E-state index contributed by atoms with van der Waals surface area (Å²) in [7, 11) is 0. The van der Waals surface area contributed by atoms with Gasteiger partial charge in [0.2, 0.25) is 0 Å². The van der Waals surface area contributed by atoms with E-state index in [0.29, 0.717) is 0 Å². The summed E-state index contributed by atoms with van der Waals surface area (Å²) in [4.78, 5) is 17.0. The van der Waals surface area contributed by atoms with Crippen LogP contribution in [0.4, 0.5) is 0 Å². The maximum Gasteiger partial charge on any atom is 0.116 e. The first kappa shape index (κ1) is 22.1. The first-order valence-electron chi connectivity index (χ1n) is 12.3. The average Bonchev–Trinajstić information content (AvgIpc) is 3.73. The molecule has 8 nitrogen and oxygen atoms in total. The molecule has 7 aromatic rings. The quantitative estimate of drug-likeness (QED) is 0.245. The molecule has 7 rings (SSSR count). The van der Waals surface area contributed by atoms with Crippen molar-refractivity contribution in [2.45, 2.75) is 13.1 Å². The Labute approximate surface area is 217 Å². The van der Waals surface area contributed by atoms with Crippen molar-refractivity contribution in [3.8, 4) is 33.8 Å². The molecule has 0 aliphatic heterocycles. The average molecular weight is 498 g/mol. The molecule has 0 unspecified atom stereocenters. The predicted molar refractivity (Wildman–Crippen MR) is 147 cm³/mol. The lowest BCUT2D eigenvalue weighted by Gasteiger charge is -2.07. The van der Waals surface area contributed by atoms with E-state index in [2.05, 4.69) is 77.9 Å². The Morgan fingerprint density at radius 1 is 0.763 bits per heavy atom. The summed E-state index contributed by atoms with van der Waals surface area (Å²) in [6.45, 7) is 1.52. The molecule has 0 fully saturated rings. The molecule has 6 aromatic heterocycles. The minimum Gasteiger partial charge on any atom is -0.472 e. The van der Waals surface area contributed by atoms with Crippen LogP contribution in [0.3, 0.4) is 0 Å². The second-order valence-electron chi connectivity index (χ2n) is 9.20. The molecule has 0 aliphatic carbocycles. The highest BCUT2D eigenvalue weighted by molar-refractivity contribution is 6.00. The molecule has 0 saturated heterocycles. The van der Waals surface area contributed by atoms with E-state index in [0.717, 1.165) is 74.2 Å². The van der Waals surface area contributed by atoms with Gasteiger partial charge in [-0.1, -0.05) is 30.3 Å². The van der Waals surface area contributed by atoms with E-state index in [1.807, 2.05) is 43.1 Å². The molecular formula is C30H23N7O. The van der Waals surface area contributed by atoms with Crippen molar-refractivity contribution in [1.82, 2.24) is 35.5 Å². The fourth-order valence-electron chi connectivity index (χ4n) is 4.78. The van der Waals surface area contributed by atoms with Crippen molar-refractivity contribution in [1.29, 1.82) is 0 Å². The van der Waals surface area contributed by atoms with E-state index in [1.54, 1.807) is 12.5 Å². The van der Waals surface area contributed by atoms with Crippen LogP contribution in [0.15, 0.2) is 103 Å². The molecule has 0 saturated carbocycles. The summed E-state index contributed by atoms with van der Waals surface area (Å²) in [6, 6.07) is 18.6. The number of rotatable bonds is 7. The maximum absolute atomic E-state index is 5.29. The Morgan fingerprint density at radius 3 is 2.55 bits per heavy atom. The van der Waals surface area contributed by atoms with E-state index < -0.39 is 0 Å². The van der Waals surface area contributed by atoms with Crippen LogP contribution < -0.4 is 5.32 Å². The normalized spacial score (nSPS) is 11.5. The number of hydrogen-bond acceptors (Lipinski definition) is 6. The standard InChI is InChI=1S/C30H23N7O/c1-2-4-19(5-3-1)11-31-12-20-8-22(14-32-13-20)26-10-24-29(17-34-26)36-37-30(24)27-9-23-25(21-6-7-38-18-21)15-33-16-28(23)35-27/h1-10,13-18,31,35H,11-12H2,(H,36,37). The van der Waals surface area contributed by atoms with E-state index in [1.165, 1.54) is 5.56 Å². The largest absolute Gasteiger partial charge is 0.472 e. The molecule has 0 aliphatic rings. The Hall–Kier alpha value is -5.08. The lowest BCUT2D eigenvalue weighted by Crippen LogP contribution is -2.12. The van der Waals surface area contributed by atoms with Crippen LogP contribution in [0.25, 0.3) is 55.6 Å². The van der Waals surface area contributed by atoms with Crippen LogP contribution in [-0.4, -0.2) is 30.1 Å². The van der Waals surface area contributed by atoms with Crippen molar-refractivity contribution in [2.24, 2.45) is 0 Å². The third-order valence-corrected chi connectivity index (χ3v) is 6.67. The molecule has 184 valence electrons. The first-order valence-corrected chi connectivity index (χ1v) is 12.3. The van der Waals surface area contributed by atoms with Gasteiger partial charge in [0.15, 0.2) is 0 Å². The van der Waals surface area contributed by atoms with Crippen LogP contribution in [0.2, 0.25) is 0 Å². The van der Waals surface area contributed by atoms with Crippen LogP contribution >= 0.6 is 0 Å². The van der Waals surface area contributed by atoms with Gasteiger partial charge in [0.05, 0.1) is 47.3 Å². The summed E-state index contributed by atoms with van der Waals surface area (Å²) in [6.07, 6.45) is 12.6. The van der Waals surface area contributed by atoms with Gasteiger partial charge in [0.25, 0.3) is 0 Å². The van der Waals surface area contributed by atoms with Gasteiger partial charge in [0.1, 0.15) is 5.69 Å². The summed E-state index contributed by atoms with van der Waals surface area (Å²) in [5.74, 6) is 0. The summed E-state index contributed by atoms with van der Waals surface area (Å²) >= 11 is 0. The molecule has 1 aromatic carbocycles. The molecule has 3 N–H and O–H groups in total. The van der Waals surface area contributed by atoms with Crippen molar-refractivity contribution < 1.29 is 4.42 Å². The SMILES string of the molecule is c1ccc(CNCc2cncc(-c3cc4c(-c5cc6c(-c7ccoc7)cncc6[nH]5)n[nH]c4cn3)c2)cc1. The zero-order valence-corrected chi connectivity index (χ0v) is 20.3. The van der Waals surface area contributed by atoms with E-state index in [-0.39, 0.29) is 0 Å². The second-order valence-corrected chi connectivity index (χ2v) is 9.20. The van der Waals surface area contributed by atoms with Crippen molar-refractivity contribution in [3.63, 3.8) is 0 Å². The minimum atomic E-state index is 0.719. The van der Waals surface area contributed by atoms with Gasteiger partial charge in [-0.25, -0.2) is 0 Å². The van der Waals surface area contributed by atoms with Gasteiger partial charge in [-0.3, -0.25) is 20.1 Å². The highest BCUT2D eigenvalue weighted by atomic mass is 16.3. The number of H-pyrrole nitrogens is 2. The molecule has 0 bridgehead atoms. The van der Waals surface area contributed by atoms with Crippen LogP contribution in [0.1, 0.15) is 11.1 Å². The van der Waals surface area contributed by atoms with Crippen LogP contribution in [-0.2, 0) is 13.1 Å². The van der Waals surface area contributed by atoms with Gasteiger partial charge in [-0.05, 0) is 35.4 Å². The monoisotopic (exact) mass is 497 g/mol. The third kappa shape index (κ3) is 4.12. The smallest absolute Gasteiger partial charge is 0.116 e. The topological polar surface area (TPSA) is 108 Å². The highest BCUT2D eigenvalue weighted by Crippen LogP contribution is 2.34. The third-order valence-electron chi connectivity index (χ3n) is 6.67. The number of hydrogen-bond donors (Lipinski definition) is 3. The van der Waals surface area contributed by atoms with Gasteiger partial charge in [-0.15, -0.1) is 0 Å². The number of aromatic nitrogens is 6. The Balaban J connectivity index is 1.20. The Bertz CT molecular complexity index is 1850. The lowest BCUT2D eigenvalue weighted by atomic mass is 10.1. The minimum absolute atomic E-state index is 0.719. The van der Waals surface area contributed by atoms with Crippen LogP contribution in [0.5, 0.6) is 0 Å². The van der Waals surface area contributed by atoms with Gasteiger partial charge >= 0.3 is 0 Å². The Kier molecular flexibility index (Phi) is 5.49. The number of pyridine rings is 3. The summed E-state index contributed by atoms with van der Waals surface area (Å²) in [5, 5.41) is 13.3. The molecule has 6 heterocycles. The van der Waals surface area contributed by atoms with Gasteiger partial charge < -0.3 is 14.7 Å². The maximum atomic E-state index is 5.29. The molecule has 8 heteroatoms. The number of nitrogens with zero attached hydrogens (tertiary/aromatic N) is 4. The summed E-state index contributed by atoms with van der Waals surface area (Å²) < 4.78 is 5.29. The number of aromatic amines is 2. The lowest BCUT2D eigenvalue weighted by molar-refractivity contribution is 0.568. The first-order chi connectivity index (χ1) is 18.8. The molecule has 0 amide bonds. The molecular weight excluding hydrogens is 474 g/mol. The van der Waals surface area contributed by atoms with Gasteiger partial charge in [-0.2, -0.15) is 5.10 Å². The highest BCUT2D eigenvalue weighted by Gasteiger charge is 2.15. The zero-order valence-electron chi connectivity index (χ0n) is 20.3. The Morgan fingerprint density at radius 2 is 1.66 bits per heavy atom. The predicted octanol–water partition coefficient (Wildman–Crippen LogP) is 6.11. The fraction of sp³-hybridized carbons (Fsp3) is 0.0667. The van der Waals surface area contributed by atoms with E-state index >= 15 is 0 Å². The van der Waals surface area contributed by atoms with E-state index in [4.69, 9.17) is 4.42 Å². The summed E-state index contributed by atoms with van der Waals surface area (Å²) in [5.41, 5.74) is 9.67. The zero-order chi connectivity index (χ0) is 25.3. The number of furan rings is 1.